The predicted octanol–water partition coefficient (Wildman–Crippen LogP) is 2.92. The second-order valence-corrected chi connectivity index (χ2v) is 5.18. The zero-order valence-corrected chi connectivity index (χ0v) is 12.4. The molecule has 1 aromatic rings. The average molecular weight is 278 g/mol. The molecule has 2 amide bonds. The first-order chi connectivity index (χ1) is 9.33. The van der Waals surface area contributed by atoms with Crippen molar-refractivity contribution in [3.8, 4) is 0 Å². The fourth-order valence-electron chi connectivity index (χ4n) is 2.04. The Morgan fingerprint density at radius 2 is 1.75 bits per heavy atom. The molecule has 0 spiro atoms. The lowest BCUT2D eigenvalue weighted by atomic mass is 9.99. The lowest BCUT2D eigenvalue weighted by molar-refractivity contribution is -0.140. The number of amides is 2. The van der Waals surface area contributed by atoms with Gasteiger partial charge < -0.3 is 15.7 Å². The first-order valence-corrected chi connectivity index (χ1v) is 6.72. The molecule has 0 saturated carbocycles. The van der Waals surface area contributed by atoms with E-state index in [0.717, 1.165) is 11.1 Å². The van der Waals surface area contributed by atoms with Gasteiger partial charge in [0, 0.05) is 5.69 Å². The molecular weight excluding hydrogens is 256 g/mol. The van der Waals surface area contributed by atoms with Crippen LogP contribution in [0.15, 0.2) is 18.2 Å². The molecular formula is C15H22N2O3. The van der Waals surface area contributed by atoms with Gasteiger partial charge in [0.05, 0.1) is 0 Å². The molecule has 0 saturated heterocycles. The van der Waals surface area contributed by atoms with Crippen molar-refractivity contribution in [1.29, 1.82) is 0 Å². The minimum absolute atomic E-state index is 0.127. The number of hydrogen-bond acceptors (Lipinski definition) is 2. The standard InChI is InChI=1S/C15H22N2O3/c1-5-11(4)13(14(18)19)17-15(20)16-12-7-9(2)6-10(3)8-12/h6-8,11,13H,5H2,1-4H3,(H,18,19)(H2,16,17,20). The first-order valence-electron chi connectivity index (χ1n) is 6.72. The van der Waals surface area contributed by atoms with Gasteiger partial charge in [-0.1, -0.05) is 26.3 Å². The summed E-state index contributed by atoms with van der Waals surface area (Å²) in [6.07, 6.45) is 0.681. The first kappa shape index (κ1) is 16.0. The molecule has 0 fully saturated rings. The minimum atomic E-state index is -1.02. The lowest BCUT2D eigenvalue weighted by Gasteiger charge is -2.20. The summed E-state index contributed by atoms with van der Waals surface area (Å²) in [6, 6.07) is 4.30. The smallest absolute Gasteiger partial charge is 0.326 e. The Balaban J connectivity index is 2.73. The molecule has 2 unspecified atom stereocenters. The second-order valence-electron chi connectivity index (χ2n) is 5.18. The molecule has 0 heterocycles. The molecule has 5 heteroatoms. The quantitative estimate of drug-likeness (QED) is 0.775. The summed E-state index contributed by atoms with van der Waals surface area (Å²) in [6.45, 7) is 7.57. The monoisotopic (exact) mass is 278 g/mol. The minimum Gasteiger partial charge on any atom is -0.480 e. The molecule has 0 aliphatic rings. The number of aliphatic carboxylic acids is 1. The van der Waals surface area contributed by atoms with Crippen molar-refractivity contribution in [1.82, 2.24) is 5.32 Å². The fraction of sp³-hybridized carbons (Fsp3) is 0.467. The van der Waals surface area contributed by atoms with Gasteiger partial charge >= 0.3 is 12.0 Å². The van der Waals surface area contributed by atoms with E-state index in [1.54, 1.807) is 6.92 Å². The number of urea groups is 1. The second kappa shape index (κ2) is 6.93. The van der Waals surface area contributed by atoms with Crippen LogP contribution in [0.4, 0.5) is 10.5 Å². The van der Waals surface area contributed by atoms with Gasteiger partial charge in [-0.2, -0.15) is 0 Å². The van der Waals surface area contributed by atoms with E-state index in [0.29, 0.717) is 12.1 Å². The van der Waals surface area contributed by atoms with Crippen molar-refractivity contribution in [2.24, 2.45) is 5.92 Å². The highest BCUT2D eigenvalue weighted by Gasteiger charge is 2.25. The zero-order chi connectivity index (χ0) is 15.3. The van der Waals surface area contributed by atoms with Crippen molar-refractivity contribution in [2.45, 2.75) is 40.2 Å². The molecule has 0 bridgehead atoms. The normalized spacial score (nSPS) is 13.4. The Kier molecular flexibility index (Phi) is 5.55. The van der Waals surface area contributed by atoms with E-state index < -0.39 is 18.0 Å². The SMILES string of the molecule is CCC(C)C(NC(=O)Nc1cc(C)cc(C)c1)C(=O)O. The summed E-state index contributed by atoms with van der Waals surface area (Å²) in [4.78, 5) is 23.0. The highest BCUT2D eigenvalue weighted by molar-refractivity contribution is 5.92. The van der Waals surface area contributed by atoms with Crippen LogP contribution in [-0.2, 0) is 4.79 Å². The number of carbonyl (C=O) groups excluding carboxylic acids is 1. The maximum atomic E-state index is 11.9. The maximum Gasteiger partial charge on any atom is 0.326 e. The van der Waals surface area contributed by atoms with Crippen LogP contribution in [0.3, 0.4) is 0 Å². The third kappa shape index (κ3) is 4.57. The molecule has 0 aliphatic heterocycles. The summed E-state index contributed by atoms with van der Waals surface area (Å²) in [5, 5.41) is 14.3. The van der Waals surface area contributed by atoms with Gasteiger partial charge in [0.25, 0.3) is 0 Å². The summed E-state index contributed by atoms with van der Waals surface area (Å²) in [5.41, 5.74) is 2.74. The highest BCUT2D eigenvalue weighted by Crippen LogP contribution is 2.14. The van der Waals surface area contributed by atoms with Gasteiger partial charge in [0.1, 0.15) is 6.04 Å². The van der Waals surface area contributed by atoms with Gasteiger partial charge in [-0.25, -0.2) is 9.59 Å². The van der Waals surface area contributed by atoms with Crippen molar-refractivity contribution >= 4 is 17.7 Å². The molecule has 0 aromatic heterocycles. The maximum absolute atomic E-state index is 11.9. The van der Waals surface area contributed by atoms with Gasteiger partial charge in [0.15, 0.2) is 0 Å². The van der Waals surface area contributed by atoms with Crippen LogP contribution in [0.5, 0.6) is 0 Å². The van der Waals surface area contributed by atoms with E-state index in [1.165, 1.54) is 0 Å². The molecule has 0 aliphatic carbocycles. The summed E-state index contributed by atoms with van der Waals surface area (Å²) in [7, 11) is 0. The van der Waals surface area contributed by atoms with E-state index in [1.807, 2.05) is 39.0 Å². The Labute approximate surface area is 119 Å². The Hall–Kier alpha value is -2.04. The number of aryl methyl sites for hydroxylation is 2. The number of nitrogens with one attached hydrogen (secondary N) is 2. The summed E-state index contributed by atoms with van der Waals surface area (Å²) >= 11 is 0. The molecule has 1 rings (SSSR count). The zero-order valence-electron chi connectivity index (χ0n) is 12.4. The molecule has 2 atom stereocenters. The van der Waals surface area contributed by atoms with Crippen molar-refractivity contribution in [3.05, 3.63) is 29.3 Å². The van der Waals surface area contributed by atoms with Crippen LogP contribution < -0.4 is 10.6 Å². The van der Waals surface area contributed by atoms with Crippen LogP contribution >= 0.6 is 0 Å². The molecule has 3 N–H and O–H groups in total. The number of anilines is 1. The number of carbonyl (C=O) groups is 2. The largest absolute Gasteiger partial charge is 0.480 e. The number of carboxylic acids is 1. The van der Waals surface area contributed by atoms with Gasteiger partial charge in [0.2, 0.25) is 0 Å². The van der Waals surface area contributed by atoms with E-state index in [-0.39, 0.29) is 5.92 Å². The molecule has 20 heavy (non-hydrogen) atoms. The van der Waals surface area contributed by atoms with Gasteiger partial charge in [-0.15, -0.1) is 0 Å². The number of carboxylic acid groups (broad SMARTS) is 1. The van der Waals surface area contributed by atoms with Gasteiger partial charge in [-0.3, -0.25) is 0 Å². The Morgan fingerprint density at radius 1 is 1.20 bits per heavy atom. The van der Waals surface area contributed by atoms with Gasteiger partial charge in [-0.05, 0) is 43.0 Å². The van der Waals surface area contributed by atoms with Crippen LogP contribution in [-0.4, -0.2) is 23.1 Å². The van der Waals surface area contributed by atoms with E-state index in [9.17, 15) is 9.59 Å². The average Bonchev–Trinajstić information content (AvgIpc) is 2.33. The van der Waals surface area contributed by atoms with E-state index in [2.05, 4.69) is 10.6 Å². The van der Waals surface area contributed by atoms with Crippen molar-refractivity contribution in [2.75, 3.05) is 5.32 Å². The highest BCUT2D eigenvalue weighted by atomic mass is 16.4. The van der Waals surface area contributed by atoms with E-state index in [4.69, 9.17) is 5.11 Å². The van der Waals surface area contributed by atoms with Crippen LogP contribution in [0.1, 0.15) is 31.4 Å². The number of benzene rings is 1. The molecule has 0 radical (unpaired) electrons. The van der Waals surface area contributed by atoms with Crippen LogP contribution in [0, 0.1) is 19.8 Å². The lowest BCUT2D eigenvalue weighted by Crippen LogP contribution is -2.46. The van der Waals surface area contributed by atoms with Crippen molar-refractivity contribution < 1.29 is 14.7 Å². The van der Waals surface area contributed by atoms with Crippen LogP contribution in [0.25, 0.3) is 0 Å². The van der Waals surface area contributed by atoms with E-state index >= 15 is 0 Å². The Morgan fingerprint density at radius 3 is 2.20 bits per heavy atom. The van der Waals surface area contributed by atoms with Crippen molar-refractivity contribution in [3.63, 3.8) is 0 Å². The number of rotatable bonds is 5. The van der Waals surface area contributed by atoms with Crippen LogP contribution in [0.2, 0.25) is 0 Å². The topological polar surface area (TPSA) is 78.4 Å². The molecule has 5 nitrogen and oxygen atoms in total. The molecule has 1 aromatic carbocycles. The Bertz CT molecular complexity index is 480. The summed E-state index contributed by atoms with van der Waals surface area (Å²) in [5.74, 6) is -1.15. The predicted molar refractivity (Wildman–Crippen MR) is 78.9 cm³/mol. The third-order valence-electron chi connectivity index (χ3n) is 3.25. The molecule has 110 valence electrons. The summed E-state index contributed by atoms with van der Waals surface area (Å²) < 4.78 is 0. The fourth-order valence-corrected chi connectivity index (χ4v) is 2.04. The third-order valence-corrected chi connectivity index (χ3v) is 3.25. The number of hydrogen-bond donors (Lipinski definition) is 3.